The molecule has 3 amide bonds. The first-order valence-corrected chi connectivity index (χ1v) is 20.4. The maximum Gasteiger partial charge on any atom is 0.223 e. The van der Waals surface area contributed by atoms with Gasteiger partial charge in [-0.05, 0) is 119 Å². The number of hydrogen-bond donors (Lipinski definition) is 4. The van der Waals surface area contributed by atoms with Crippen LogP contribution in [0.5, 0.6) is 0 Å². The van der Waals surface area contributed by atoms with E-state index in [0.717, 1.165) is 58.2 Å². The number of H-pyrrole nitrogens is 1. The van der Waals surface area contributed by atoms with Gasteiger partial charge in [0.05, 0.1) is 11.6 Å². The van der Waals surface area contributed by atoms with Crippen molar-refractivity contribution >= 4 is 51.0 Å². The number of rotatable bonds is 14. The fraction of sp³-hybridized carbons (Fsp3) is 0.615. The first kappa shape index (κ1) is 36.0. The minimum Gasteiger partial charge on any atom is -0.369 e. The number of carbonyl (C=O) groups excluding carboxylic acids is 3. The molecule has 3 fully saturated rings. The van der Waals surface area contributed by atoms with Gasteiger partial charge in [-0.2, -0.15) is 11.8 Å². The molecule has 2 aromatic heterocycles. The third kappa shape index (κ3) is 7.61. The Hall–Kier alpha value is -2.82. The number of carbonyl (C=O) groups is 3. The molecule has 5 N–H and O–H groups in total. The molecule has 1 saturated carbocycles. The normalized spacial score (nSPS) is 22.8. The van der Waals surface area contributed by atoms with E-state index in [0.29, 0.717) is 24.1 Å². The van der Waals surface area contributed by atoms with Gasteiger partial charge in [0.2, 0.25) is 17.7 Å². The van der Waals surface area contributed by atoms with Crippen molar-refractivity contribution < 1.29 is 14.4 Å². The number of amides is 3. The van der Waals surface area contributed by atoms with Gasteiger partial charge in [-0.15, -0.1) is 11.3 Å². The van der Waals surface area contributed by atoms with Crippen molar-refractivity contribution in [3.05, 3.63) is 45.8 Å². The molecule has 1 aromatic carbocycles. The Morgan fingerprint density at radius 3 is 2.41 bits per heavy atom. The third-order valence-electron chi connectivity index (χ3n) is 11.6. The Morgan fingerprint density at radius 1 is 1.10 bits per heavy atom. The summed E-state index contributed by atoms with van der Waals surface area (Å²) in [6.07, 6.45) is 8.36. The van der Waals surface area contributed by atoms with Gasteiger partial charge in [0, 0.05) is 46.5 Å². The summed E-state index contributed by atoms with van der Waals surface area (Å²) in [5.74, 6) is 0.798. The predicted octanol–water partition coefficient (Wildman–Crippen LogP) is 6.32. The van der Waals surface area contributed by atoms with Gasteiger partial charge in [0.1, 0.15) is 4.83 Å². The summed E-state index contributed by atoms with van der Waals surface area (Å²) in [7, 11) is 0. The molecule has 0 radical (unpaired) electrons. The minimum atomic E-state index is -0.351. The van der Waals surface area contributed by atoms with E-state index in [1.807, 2.05) is 24.5 Å². The van der Waals surface area contributed by atoms with Gasteiger partial charge >= 0.3 is 0 Å². The van der Waals surface area contributed by atoms with Crippen LogP contribution >= 0.6 is 23.1 Å². The molecule has 6 rings (SSSR count). The number of fused-ring (bicyclic) bond motifs is 3. The second-order valence-corrected chi connectivity index (χ2v) is 17.6. The number of thiophene rings is 1. The molecule has 10 heteroatoms. The van der Waals surface area contributed by atoms with E-state index >= 15 is 0 Å². The van der Waals surface area contributed by atoms with E-state index in [9.17, 15) is 14.4 Å². The molecule has 266 valence electrons. The number of nitrogens with two attached hydrogens (primary N) is 1. The Bertz CT molecular complexity index is 1670. The highest BCUT2D eigenvalue weighted by Gasteiger charge is 2.49. The summed E-state index contributed by atoms with van der Waals surface area (Å²) in [6, 6.07) is 9.34. The Morgan fingerprint density at radius 2 is 1.82 bits per heavy atom. The van der Waals surface area contributed by atoms with Gasteiger partial charge in [0.25, 0.3) is 0 Å². The predicted molar refractivity (Wildman–Crippen MR) is 203 cm³/mol. The Kier molecular flexibility index (Phi) is 10.9. The van der Waals surface area contributed by atoms with Gasteiger partial charge in [-0.1, -0.05) is 38.0 Å². The number of piperidine rings is 2. The molecule has 5 unspecified atom stereocenters. The Labute approximate surface area is 300 Å². The Balaban J connectivity index is 1.16. The summed E-state index contributed by atoms with van der Waals surface area (Å²) in [4.78, 5) is 46.8. The molecule has 2 bridgehead atoms. The second kappa shape index (κ2) is 14.8. The van der Waals surface area contributed by atoms with E-state index < -0.39 is 0 Å². The number of nitrogens with zero attached hydrogens (tertiary/aromatic N) is 1. The standard InChI is InChI=1S/C39H55N5O3S2/c1-7-31(30(21-48-6)35(40)45)41-36(46)24-10-13-44(14-11-24)15-12-26-28-19-33(39(4,5)20-29-27-8-9-32(29)42-37(27)47)49-38(28)43-34(26)25-17-22(2)16-23(3)18-25/h16-19,24,27,29-32,43H,7-15,20-21H2,1-6H3,(H2,40,45)(H,41,46)(H,42,47). The first-order chi connectivity index (χ1) is 23.4. The van der Waals surface area contributed by atoms with Crippen molar-refractivity contribution in [2.45, 2.75) is 97.1 Å². The lowest BCUT2D eigenvalue weighted by atomic mass is 9.78. The van der Waals surface area contributed by atoms with Crippen LogP contribution in [0.25, 0.3) is 21.5 Å². The van der Waals surface area contributed by atoms with E-state index in [1.54, 1.807) is 11.8 Å². The average Bonchev–Trinajstić information content (AvgIpc) is 3.80. The summed E-state index contributed by atoms with van der Waals surface area (Å²) in [5.41, 5.74) is 12.0. The first-order valence-electron chi connectivity index (χ1n) is 18.2. The van der Waals surface area contributed by atoms with Crippen molar-refractivity contribution in [3.8, 4) is 11.3 Å². The summed E-state index contributed by atoms with van der Waals surface area (Å²) >= 11 is 3.47. The van der Waals surface area contributed by atoms with Crippen molar-refractivity contribution in [2.75, 3.05) is 31.6 Å². The van der Waals surface area contributed by atoms with E-state index in [-0.39, 0.29) is 46.9 Å². The number of primary amides is 1. The maximum absolute atomic E-state index is 13.3. The lowest BCUT2D eigenvalue weighted by molar-refractivity contribution is -0.128. The number of nitrogens with one attached hydrogen (secondary N) is 3. The van der Waals surface area contributed by atoms with Gasteiger partial charge < -0.3 is 26.3 Å². The minimum absolute atomic E-state index is 0.0221. The fourth-order valence-corrected chi connectivity index (χ4v) is 10.8. The van der Waals surface area contributed by atoms with E-state index in [4.69, 9.17) is 5.73 Å². The lowest BCUT2D eigenvalue weighted by Crippen LogP contribution is -2.49. The van der Waals surface area contributed by atoms with Crippen LogP contribution in [0.1, 0.15) is 80.9 Å². The topological polar surface area (TPSA) is 120 Å². The highest BCUT2D eigenvalue weighted by Crippen LogP contribution is 2.48. The van der Waals surface area contributed by atoms with Crippen LogP contribution in [-0.4, -0.2) is 71.3 Å². The molecule has 5 atom stereocenters. The lowest BCUT2D eigenvalue weighted by Gasteiger charge is -2.33. The monoisotopic (exact) mass is 705 g/mol. The van der Waals surface area contributed by atoms with Crippen LogP contribution in [0.4, 0.5) is 0 Å². The molecule has 4 heterocycles. The number of likely N-dealkylation sites (tertiary alicyclic amines) is 1. The zero-order valence-corrected chi connectivity index (χ0v) is 31.8. The van der Waals surface area contributed by atoms with Crippen LogP contribution in [0.2, 0.25) is 0 Å². The number of aromatic nitrogens is 1. The molecule has 3 aliphatic rings. The van der Waals surface area contributed by atoms with Crippen molar-refractivity contribution in [1.29, 1.82) is 0 Å². The smallest absolute Gasteiger partial charge is 0.223 e. The largest absolute Gasteiger partial charge is 0.369 e. The van der Waals surface area contributed by atoms with E-state index in [1.165, 1.54) is 43.0 Å². The fourth-order valence-electron chi connectivity index (χ4n) is 8.88. The number of aryl methyl sites for hydroxylation is 2. The summed E-state index contributed by atoms with van der Waals surface area (Å²) < 4.78 is 0. The molecule has 0 spiro atoms. The van der Waals surface area contributed by atoms with Gasteiger partial charge in [0.15, 0.2) is 0 Å². The summed E-state index contributed by atoms with van der Waals surface area (Å²) in [5, 5.41) is 7.74. The zero-order valence-electron chi connectivity index (χ0n) is 30.1. The third-order valence-corrected chi connectivity index (χ3v) is 13.7. The number of hydrogen-bond acceptors (Lipinski definition) is 6. The molecule has 8 nitrogen and oxygen atoms in total. The maximum atomic E-state index is 13.3. The molecule has 49 heavy (non-hydrogen) atoms. The average molecular weight is 706 g/mol. The van der Waals surface area contributed by atoms with Crippen molar-refractivity contribution in [2.24, 2.45) is 29.4 Å². The van der Waals surface area contributed by atoms with Crippen LogP contribution < -0.4 is 16.4 Å². The molecular formula is C39H55N5O3S2. The molecule has 1 aliphatic carbocycles. The molecule has 2 aliphatic heterocycles. The highest BCUT2D eigenvalue weighted by molar-refractivity contribution is 7.98. The van der Waals surface area contributed by atoms with Crippen molar-refractivity contribution in [3.63, 3.8) is 0 Å². The molecule has 2 saturated heterocycles. The number of benzene rings is 1. The van der Waals surface area contributed by atoms with Crippen LogP contribution in [0, 0.1) is 37.5 Å². The van der Waals surface area contributed by atoms with Gasteiger partial charge in [-0.25, -0.2) is 0 Å². The molecule has 3 aromatic rings. The van der Waals surface area contributed by atoms with Crippen LogP contribution in [0.3, 0.4) is 0 Å². The summed E-state index contributed by atoms with van der Waals surface area (Å²) in [6.45, 7) is 13.7. The van der Waals surface area contributed by atoms with Crippen LogP contribution in [0.15, 0.2) is 24.3 Å². The SMILES string of the molecule is CCC(NC(=O)C1CCN(CCc2c(-c3cc(C)cc(C)c3)[nH]c3sc(C(C)(C)CC4C5CCC4C(=O)N5)cc23)CC1)C(CSC)C(N)=O. The molecular weight excluding hydrogens is 651 g/mol. The van der Waals surface area contributed by atoms with Gasteiger partial charge in [-0.3, -0.25) is 14.4 Å². The quantitative estimate of drug-likeness (QED) is 0.157. The van der Waals surface area contributed by atoms with Crippen molar-refractivity contribution in [1.82, 2.24) is 20.5 Å². The number of thioether (sulfide) groups is 1. The number of aromatic amines is 1. The van der Waals surface area contributed by atoms with Crippen LogP contribution in [-0.2, 0) is 26.2 Å². The van der Waals surface area contributed by atoms with E-state index in [2.05, 4.69) is 72.5 Å². The zero-order chi connectivity index (χ0) is 35.0. The second-order valence-electron chi connectivity index (χ2n) is 15.6. The highest BCUT2D eigenvalue weighted by atomic mass is 32.2.